The number of hydrogen-bond acceptors (Lipinski definition) is 6. The molecule has 0 aromatic heterocycles. The second-order valence-corrected chi connectivity index (χ2v) is 6.34. The monoisotopic (exact) mass is 386 g/mol. The zero-order chi connectivity index (χ0) is 19.9. The van der Waals surface area contributed by atoms with Gasteiger partial charge in [0.2, 0.25) is 0 Å². The van der Waals surface area contributed by atoms with Gasteiger partial charge >= 0.3 is 5.97 Å². The lowest BCUT2D eigenvalue weighted by molar-refractivity contribution is -0.129. The minimum atomic E-state index is -0.975. The molecule has 2 amide bonds. The van der Waals surface area contributed by atoms with Gasteiger partial charge in [0, 0.05) is 6.54 Å². The van der Waals surface area contributed by atoms with Crippen LogP contribution in [0.2, 0.25) is 5.02 Å². The number of rotatable bonds is 9. The van der Waals surface area contributed by atoms with E-state index in [-0.39, 0.29) is 28.0 Å². The number of ether oxygens (including phenoxy) is 3. The largest absolute Gasteiger partial charge is 0.493 e. The van der Waals surface area contributed by atoms with Crippen LogP contribution in [0.15, 0.2) is 12.1 Å². The van der Waals surface area contributed by atoms with Crippen LogP contribution in [0, 0.1) is 5.92 Å². The summed E-state index contributed by atoms with van der Waals surface area (Å²) in [7, 11) is 1.35. The molecule has 1 unspecified atom stereocenters. The Labute approximate surface area is 156 Å². The fourth-order valence-electron chi connectivity index (χ4n) is 1.85. The van der Waals surface area contributed by atoms with Gasteiger partial charge in [-0.3, -0.25) is 9.59 Å². The molecule has 0 heterocycles. The van der Waals surface area contributed by atoms with E-state index < -0.39 is 30.5 Å². The number of methoxy groups -OCH3 is 1. The van der Waals surface area contributed by atoms with Crippen molar-refractivity contribution in [3.8, 4) is 11.5 Å². The third kappa shape index (κ3) is 6.44. The van der Waals surface area contributed by atoms with Crippen molar-refractivity contribution in [3.63, 3.8) is 0 Å². The predicted octanol–water partition coefficient (Wildman–Crippen LogP) is 1.53. The molecule has 3 N–H and O–H groups in total. The smallest absolute Gasteiger partial charge is 0.339 e. The maximum absolute atomic E-state index is 12.3. The van der Waals surface area contributed by atoms with Gasteiger partial charge in [-0.2, -0.15) is 0 Å². The van der Waals surface area contributed by atoms with Crippen LogP contribution in [0.1, 0.15) is 31.1 Å². The van der Waals surface area contributed by atoms with Crippen LogP contribution in [0.25, 0.3) is 0 Å². The van der Waals surface area contributed by atoms with E-state index in [2.05, 4.69) is 5.32 Å². The number of primary amides is 1. The topological polar surface area (TPSA) is 117 Å². The second kappa shape index (κ2) is 9.86. The van der Waals surface area contributed by atoms with Crippen molar-refractivity contribution in [1.29, 1.82) is 0 Å². The Morgan fingerprint density at radius 1 is 1.23 bits per heavy atom. The highest BCUT2D eigenvalue weighted by molar-refractivity contribution is 6.32. The molecule has 0 bridgehead atoms. The molecule has 8 nitrogen and oxygen atoms in total. The molecule has 9 heteroatoms. The lowest BCUT2D eigenvalue weighted by Crippen LogP contribution is -2.37. The molecule has 0 saturated heterocycles. The van der Waals surface area contributed by atoms with Crippen LogP contribution in [0.5, 0.6) is 11.5 Å². The molecule has 26 heavy (non-hydrogen) atoms. The SMILES string of the molecule is COc1cc(C(=O)OC(C)C(=O)NCC(C)C)cc(Cl)c1OCC(N)=O. The first-order valence-electron chi connectivity index (χ1n) is 7.93. The first-order chi connectivity index (χ1) is 12.1. The molecular weight excluding hydrogens is 364 g/mol. The number of carbonyl (C=O) groups excluding carboxylic acids is 3. The maximum atomic E-state index is 12.3. The van der Waals surface area contributed by atoms with Gasteiger partial charge in [-0.15, -0.1) is 0 Å². The second-order valence-electron chi connectivity index (χ2n) is 5.93. The third-order valence-corrected chi connectivity index (χ3v) is 3.44. The van der Waals surface area contributed by atoms with Crippen LogP contribution in [-0.4, -0.2) is 44.1 Å². The minimum absolute atomic E-state index is 0.0365. The Bertz CT molecular complexity index is 677. The fourth-order valence-corrected chi connectivity index (χ4v) is 2.12. The van der Waals surface area contributed by atoms with Crippen molar-refractivity contribution in [3.05, 3.63) is 22.7 Å². The normalized spacial score (nSPS) is 11.6. The van der Waals surface area contributed by atoms with Crippen molar-refractivity contribution in [1.82, 2.24) is 5.32 Å². The molecule has 0 fully saturated rings. The molecule has 144 valence electrons. The average Bonchev–Trinajstić information content (AvgIpc) is 2.57. The third-order valence-electron chi connectivity index (χ3n) is 3.16. The maximum Gasteiger partial charge on any atom is 0.339 e. The zero-order valence-corrected chi connectivity index (χ0v) is 15.9. The summed E-state index contributed by atoms with van der Waals surface area (Å²) in [6, 6.07) is 2.63. The first kappa shape index (κ1) is 21.6. The van der Waals surface area contributed by atoms with Gasteiger partial charge < -0.3 is 25.3 Å². The molecule has 0 radical (unpaired) electrons. The Hall–Kier alpha value is -2.48. The van der Waals surface area contributed by atoms with Crippen LogP contribution < -0.4 is 20.5 Å². The van der Waals surface area contributed by atoms with Crippen molar-refractivity contribution in [2.45, 2.75) is 26.9 Å². The summed E-state index contributed by atoms with van der Waals surface area (Å²) in [6.45, 7) is 5.45. The number of carbonyl (C=O) groups is 3. The predicted molar refractivity (Wildman–Crippen MR) is 95.4 cm³/mol. The Balaban J connectivity index is 2.87. The standard InChI is InChI=1S/C17H23ClN2O6/c1-9(2)7-20-16(22)10(3)26-17(23)11-5-12(18)15(13(6-11)24-4)25-8-14(19)21/h5-6,9-10H,7-8H2,1-4H3,(H2,19,21)(H,20,22). The van der Waals surface area contributed by atoms with Crippen molar-refractivity contribution >= 4 is 29.4 Å². The number of amides is 2. The fraction of sp³-hybridized carbons (Fsp3) is 0.471. The molecule has 0 saturated carbocycles. The lowest BCUT2D eigenvalue weighted by atomic mass is 10.2. The van der Waals surface area contributed by atoms with E-state index >= 15 is 0 Å². The summed E-state index contributed by atoms with van der Waals surface area (Å²) < 4.78 is 15.4. The van der Waals surface area contributed by atoms with Gasteiger partial charge in [0.25, 0.3) is 11.8 Å². The van der Waals surface area contributed by atoms with E-state index in [9.17, 15) is 14.4 Å². The van der Waals surface area contributed by atoms with Crippen LogP contribution >= 0.6 is 11.6 Å². The van der Waals surface area contributed by atoms with Crippen molar-refractivity contribution < 1.29 is 28.6 Å². The van der Waals surface area contributed by atoms with E-state index in [1.807, 2.05) is 13.8 Å². The molecule has 1 aromatic carbocycles. The number of halogens is 1. The Kier molecular flexibility index (Phi) is 8.18. The number of nitrogens with one attached hydrogen (secondary N) is 1. The first-order valence-corrected chi connectivity index (χ1v) is 8.30. The van der Waals surface area contributed by atoms with Gasteiger partial charge in [-0.05, 0) is 25.0 Å². The summed E-state index contributed by atoms with van der Waals surface area (Å²) in [5.41, 5.74) is 5.10. The molecule has 1 rings (SSSR count). The quantitative estimate of drug-likeness (QED) is 0.621. The van der Waals surface area contributed by atoms with Gasteiger partial charge in [0.05, 0.1) is 17.7 Å². The van der Waals surface area contributed by atoms with Crippen LogP contribution in [0.4, 0.5) is 0 Å². The van der Waals surface area contributed by atoms with Crippen molar-refractivity contribution in [2.75, 3.05) is 20.3 Å². The van der Waals surface area contributed by atoms with Gasteiger partial charge in [-0.1, -0.05) is 25.4 Å². The van der Waals surface area contributed by atoms with E-state index in [1.54, 1.807) is 0 Å². The van der Waals surface area contributed by atoms with Crippen LogP contribution in [0.3, 0.4) is 0 Å². The Morgan fingerprint density at radius 3 is 2.42 bits per heavy atom. The van der Waals surface area contributed by atoms with E-state index in [4.69, 9.17) is 31.5 Å². The van der Waals surface area contributed by atoms with Crippen LogP contribution in [-0.2, 0) is 14.3 Å². The highest BCUT2D eigenvalue weighted by Gasteiger charge is 2.22. The summed E-state index contributed by atoms with van der Waals surface area (Å²) in [5.74, 6) is -1.36. The molecule has 0 aliphatic heterocycles. The lowest BCUT2D eigenvalue weighted by Gasteiger charge is -2.16. The molecule has 1 aromatic rings. The van der Waals surface area contributed by atoms with Gasteiger partial charge in [0.1, 0.15) is 0 Å². The number of esters is 1. The van der Waals surface area contributed by atoms with Gasteiger partial charge in [0.15, 0.2) is 24.2 Å². The Morgan fingerprint density at radius 2 is 1.88 bits per heavy atom. The number of benzene rings is 1. The molecule has 0 spiro atoms. The number of nitrogens with two attached hydrogens (primary N) is 1. The highest BCUT2D eigenvalue weighted by Crippen LogP contribution is 2.36. The average molecular weight is 387 g/mol. The summed E-state index contributed by atoms with van der Waals surface area (Å²) >= 11 is 6.08. The molecular formula is C17H23ClN2O6. The molecule has 0 aliphatic rings. The van der Waals surface area contributed by atoms with Gasteiger partial charge in [-0.25, -0.2) is 4.79 Å². The highest BCUT2D eigenvalue weighted by atomic mass is 35.5. The van der Waals surface area contributed by atoms with Crippen molar-refractivity contribution in [2.24, 2.45) is 11.7 Å². The summed E-state index contributed by atoms with van der Waals surface area (Å²) in [4.78, 5) is 35.0. The molecule has 1 atom stereocenters. The van der Waals surface area contributed by atoms with E-state index in [0.29, 0.717) is 6.54 Å². The minimum Gasteiger partial charge on any atom is -0.493 e. The van der Waals surface area contributed by atoms with E-state index in [1.165, 1.54) is 26.2 Å². The zero-order valence-electron chi connectivity index (χ0n) is 15.1. The molecule has 0 aliphatic carbocycles. The number of hydrogen-bond donors (Lipinski definition) is 2. The summed E-state index contributed by atoms with van der Waals surface area (Å²) in [6.07, 6.45) is -0.975. The summed E-state index contributed by atoms with van der Waals surface area (Å²) in [5, 5.41) is 2.71. The van der Waals surface area contributed by atoms with E-state index in [0.717, 1.165) is 0 Å².